The van der Waals surface area contributed by atoms with Crippen LogP contribution in [0.25, 0.3) is 0 Å². The first-order valence-corrected chi connectivity index (χ1v) is 7.69. The van der Waals surface area contributed by atoms with Crippen molar-refractivity contribution < 1.29 is 0 Å². The fourth-order valence-corrected chi connectivity index (χ4v) is 2.73. The minimum absolute atomic E-state index is 0.382. The van der Waals surface area contributed by atoms with Crippen molar-refractivity contribution in [3.8, 4) is 0 Å². The van der Waals surface area contributed by atoms with E-state index in [-0.39, 0.29) is 0 Å². The maximum atomic E-state index is 2.40. The first-order valence-electron chi connectivity index (χ1n) is 7.69. The van der Waals surface area contributed by atoms with Gasteiger partial charge in [0.25, 0.3) is 0 Å². The van der Waals surface area contributed by atoms with Crippen LogP contribution in [0.15, 0.2) is 59.3 Å². The molecular weight excluding hydrogens is 240 g/mol. The monoisotopic (exact) mass is 270 g/mol. The van der Waals surface area contributed by atoms with Gasteiger partial charge < -0.3 is 0 Å². The molecule has 0 radical (unpaired) electrons. The molecule has 110 valence electrons. The Labute approximate surface area is 125 Å². The lowest BCUT2D eigenvalue weighted by atomic mass is 9.68. The fraction of sp³-hybridized carbons (Fsp3) is 0.500. The van der Waals surface area contributed by atoms with Crippen molar-refractivity contribution in [3.05, 3.63) is 59.3 Å². The van der Waals surface area contributed by atoms with Gasteiger partial charge in [-0.1, -0.05) is 73.1 Å². The van der Waals surface area contributed by atoms with Gasteiger partial charge in [-0.3, -0.25) is 0 Å². The summed E-state index contributed by atoms with van der Waals surface area (Å²) >= 11 is 0. The lowest BCUT2D eigenvalue weighted by Crippen LogP contribution is -2.26. The Bertz CT molecular complexity index is 464. The van der Waals surface area contributed by atoms with Crippen LogP contribution in [0.2, 0.25) is 0 Å². The third-order valence-electron chi connectivity index (χ3n) is 4.31. The highest BCUT2D eigenvalue weighted by Gasteiger charge is 2.30. The van der Waals surface area contributed by atoms with E-state index in [1.165, 1.54) is 29.6 Å². The summed E-state index contributed by atoms with van der Waals surface area (Å²) in [6.45, 7) is 13.4. The Morgan fingerprint density at radius 1 is 1.20 bits per heavy atom. The van der Waals surface area contributed by atoms with E-state index >= 15 is 0 Å². The molecule has 0 heterocycles. The molecule has 0 aromatic carbocycles. The molecular formula is C20H30. The van der Waals surface area contributed by atoms with Gasteiger partial charge in [-0.2, -0.15) is 0 Å². The van der Waals surface area contributed by atoms with Crippen LogP contribution in [0.5, 0.6) is 0 Å². The van der Waals surface area contributed by atoms with Gasteiger partial charge in [0.05, 0.1) is 0 Å². The van der Waals surface area contributed by atoms with Gasteiger partial charge in [0.1, 0.15) is 0 Å². The van der Waals surface area contributed by atoms with Crippen molar-refractivity contribution in [2.45, 2.75) is 54.4 Å². The Morgan fingerprint density at radius 3 is 2.50 bits per heavy atom. The highest BCUT2D eigenvalue weighted by atomic mass is 14.3. The molecule has 0 nitrogen and oxygen atoms in total. The molecule has 1 atom stereocenters. The van der Waals surface area contributed by atoms with Crippen molar-refractivity contribution in [1.29, 1.82) is 0 Å². The summed E-state index contributed by atoms with van der Waals surface area (Å²) in [6, 6.07) is 0. The summed E-state index contributed by atoms with van der Waals surface area (Å²) in [6.07, 6.45) is 18.1. The van der Waals surface area contributed by atoms with E-state index in [1.54, 1.807) is 0 Å². The second kappa shape index (κ2) is 7.47. The summed E-state index contributed by atoms with van der Waals surface area (Å²) in [7, 11) is 0. The van der Waals surface area contributed by atoms with E-state index in [0.717, 1.165) is 0 Å². The molecule has 1 aliphatic rings. The van der Waals surface area contributed by atoms with Crippen LogP contribution in [0.4, 0.5) is 0 Å². The molecule has 0 saturated carbocycles. The minimum Gasteiger partial charge on any atom is -0.0850 e. The van der Waals surface area contributed by atoms with Gasteiger partial charge in [-0.15, -0.1) is 0 Å². The Morgan fingerprint density at radius 2 is 1.90 bits per heavy atom. The van der Waals surface area contributed by atoms with Crippen molar-refractivity contribution in [1.82, 2.24) is 0 Å². The molecule has 0 saturated heterocycles. The normalized spacial score (nSPS) is 24.5. The molecule has 0 spiro atoms. The highest BCUT2D eigenvalue weighted by Crippen LogP contribution is 2.41. The van der Waals surface area contributed by atoms with Crippen molar-refractivity contribution in [3.63, 3.8) is 0 Å². The molecule has 0 amide bonds. The van der Waals surface area contributed by atoms with Crippen LogP contribution in [0.3, 0.4) is 0 Å². The molecule has 1 rings (SSSR count). The van der Waals surface area contributed by atoms with Gasteiger partial charge in [-0.05, 0) is 46.0 Å². The van der Waals surface area contributed by atoms with Gasteiger partial charge in [0, 0.05) is 5.92 Å². The molecule has 0 heteroatoms. The van der Waals surface area contributed by atoms with Gasteiger partial charge in [0.15, 0.2) is 0 Å². The van der Waals surface area contributed by atoms with Crippen molar-refractivity contribution >= 4 is 0 Å². The van der Waals surface area contributed by atoms with E-state index in [0.29, 0.717) is 11.3 Å². The average Bonchev–Trinajstić information content (AvgIpc) is 2.37. The Kier molecular flexibility index (Phi) is 6.26. The number of rotatable bonds is 4. The second-order valence-electron chi connectivity index (χ2n) is 6.61. The van der Waals surface area contributed by atoms with Crippen molar-refractivity contribution in [2.24, 2.45) is 11.3 Å². The molecule has 20 heavy (non-hydrogen) atoms. The smallest absolute Gasteiger partial charge is 0.00285 e. The third-order valence-corrected chi connectivity index (χ3v) is 4.31. The summed E-state index contributed by atoms with van der Waals surface area (Å²) in [5, 5.41) is 0. The standard InChI is InChI=1S/C20H30/c1-7-16(2)10-8-11-17(3)13-14-19-18(4)12-9-15-20(19,5)6/h7-8,10-14,19H,9,15H2,1-6H3/b10-8+,14-13+,16-7-,17-11+. The maximum Gasteiger partial charge on any atom is 0.00285 e. The molecule has 1 unspecified atom stereocenters. The first-order chi connectivity index (χ1) is 9.36. The zero-order valence-electron chi connectivity index (χ0n) is 14.0. The molecule has 0 aromatic rings. The van der Waals surface area contributed by atoms with Gasteiger partial charge in [-0.25, -0.2) is 0 Å². The first kappa shape index (κ1) is 16.8. The zero-order valence-corrected chi connectivity index (χ0v) is 14.0. The summed E-state index contributed by atoms with van der Waals surface area (Å²) in [5.41, 5.74) is 4.50. The predicted molar refractivity (Wildman–Crippen MR) is 91.7 cm³/mol. The van der Waals surface area contributed by atoms with Gasteiger partial charge >= 0.3 is 0 Å². The van der Waals surface area contributed by atoms with Crippen LogP contribution < -0.4 is 0 Å². The Hall–Kier alpha value is -1.30. The summed E-state index contributed by atoms with van der Waals surface area (Å²) < 4.78 is 0. The number of hydrogen-bond donors (Lipinski definition) is 0. The second-order valence-corrected chi connectivity index (χ2v) is 6.61. The van der Waals surface area contributed by atoms with E-state index in [2.05, 4.69) is 84.1 Å². The van der Waals surface area contributed by atoms with E-state index in [9.17, 15) is 0 Å². The highest BCUT2D eigenvalue weighted by molar-refractivity contribution is 5.28. The quantitative estimate of drug-likeness (QED) is 0.410. The molecule has 0 N–H and O–H groups in total. The minimum atomic E-state index is 0.382. The molecule has 0 aliphatic heterocycles. The van der Waals surface area contributed by atoms with Crippen LogP contribution >= 0.6 is 0 Å². The molecule has 1 aliphatic carbocycles. The third kappa shape index (κ3) is 5.00. The molecule has 0 aromatic heterocycles. The van der Waals surface area contributed by atoms with E-state index in [1.807, 2.05) is 0 Å². The topological polar surface area (TPSA) is 0 Å². The molecule has 0 bridgehead atoms. The van der Waals surface area contributed by atoms with Gasteiger partial charge in [0.2, 0.25) is 0 Å². The maximum absolute atomic E-state index is 2.40. The van der Waals surface area contributed by atoms with Crippen LogP contribution in [0.1, 0.15) is 54.4 Å². The predicted octanol–water partition coefficient (Wildman–Crippen LogP) is 6.39. The fourth-order valence-electron chi connectivity index (χ4n) is 2.73. The number of hydrogen-bond acceptors (Lipinski definition) is 0. The van der Waals surface area contributed by atoms with Crippen LogP contribution in [-0.2, 0) is 0 Å². The van der Waals surface area contributed by atoms with Crippen LogP contribution in [0, 0.1) is 11.3 Å². The zero-order chi connectivity index (χ0) is 15.2. The van der Waals surface area contributed by atoms with E-state index < -0.39 is 0 Å². The average molecular weight is 270 g/mol. The Balaban J connectivity index is 2.76. The summed E-state index contributed by atoms with van der Waals surface area (Å²) in [4.78, 5) is 0. The SMILES string of the molecule is C\C=C(C)/C=C/C=C(C)/C=C/C1C(C)=CCCC1(C)C. The van der Waals surface area contributed by atoms with E-state index in [4.69, 9.17) is 0 Å². The lowest BCUT2D eigenvalue weighted by molar-refractivity contribution is 0.255. The largest absolute Gasteiger partial charge is 0.0850 e. The summed E-state index contributed by atoms with van der Waals surface area (Å²) in [5.74, 6) is 0.570. The molecule has 0 fully saturated rings. The van der Waals surface area contributed by atoms with Crippen molar-refractivity contribution in [2.75, 3.05) is 0 Å². The lowest BCUT2D eigenvalue weighted by Gasteiger charge is -2.36. The van der Waals surface area contributed by atoms with Crippen LogP contribution in [-0.4, -0.2) is 0 Å². The number of allylic oxidation sites excluding steroid dienone is 10.